The third-order valence-electron chi connectivity index (χ3n) is 3.82. The molecule has 0 radical (unpaired) electrons. The molecule has 2 N–H and O–H groups in total. The van der Waals surface area contributed by atoms with Crippen LogP contribution in [0.25, 0.3) is 0 Å². The molecule has 1 aliphatic rings. The van der Waals surface area contributed by atoms with Gasteiger partial charge in [0, 0.05) is 25.2 Å². The van der Waals surface area contributed by atoms with Crippen molar-refractivity contribution >= 4 is 11.5 Å². The van der Waals surface area contributed by atoms with Gasteiger partial charge in [0.1, 0.15) is 0 Å². The van der Waals surface area contributed by atoms with Gasteiger partial charge in [0.05, 0.1) is 11.4 Å². The van der Waals surface area contributed by atoms with Crippen molar-refractivity contribution in [2.24, 2.45) is 0 Å². The van der Waals surface area contributed by atoms with E-state index in [1.165, 1.54) is 12.8 Å². The largest absolute Gasteiger partial charge is 0.394 e. The van der Waals surface area contributed by atoms with Gasteiger partial charge in [0.25, 0.3) is 0 Å². The highest BCUT2D eigenvalue weighted by Gasteiger charge is 2.30. The first-order chi connectivity index (χ1) is 8.91. The molecule has 5 heteroatoms. The van der Waals surface area contributed by atoms with E-state index in [1.54, 1.807) is 0 Å². The lowest BCUT2D eigenvalue weighted by Gasteiger charge is -2.30. The van der Waals surface area contributed by atoms with Crippen molar-refractivity contribution in [3.8, 4) is 0 Å². The van der Waals surface area contributed by atoms with E-state index in [9.17, 15) is 0 Å². The predicted octanol–water partition coefficient (Wildman–Crippen LogP) is 1.89. The summed E-state index contributed by atoms with van der Waals surface area (Å²) in [6.45, 7) is 8.47. The quantitative estimate of drug-likeness (QED) is 0.903. The summed E-state index contributed by atoms with van der Waals surface area (Å²) >= 11 is 0. The van der Waals surface area contributed by atoms with Gasteiger partial charge in [-0.3, -0.25) is 0 Å². The van der Waals surface area contributed by atoms with Crippen molar-refractivity contribution in [1.82, 2.24) is 14.7 Å². The molecule has 0 spiro atoms. The molecule has 0 saturated carbocycles. The van der Waals surface area contributed by atoms with E-state index >= 15 is 0 Å². The number of nitrogens with two attached hydrogens (primary N) is 1. The second kappa shape index (κ2) is 5.41. The van der Waals surface area contributed by atoms with Crippen LogP contribution in [-0.4, -0.2) is 47.9 Å². The SMILES string of the molecule is Cc1nn(C(C)C)c(N2CCCC2CN(C)C)c1N. The zero-order valence-corrected chi connectivity index (χ0v) is 12.8. The van der Waals surface area contributed by atoms with E-state index < -0.39 is 0 Å². The van der Waals surface area contributed by atoms with Crippen molar-refractivity contribution in [3.05, 3.63) is 5.69 Å². The molecule has 108 valence electrons. The summed E-state index contributed by atoms with van der Waals surface area (Å²) in [6.07, 6.45) is 2.47. The van der Waals surface area contributed by atoms with Crippen molar-refractivity contribution in [2.75, 3.05) is 37.8 Å². The molecule has 1 fully saturated rings. The van der Waals surface area contributed by atoms with Gasteiger partial charge >= 0.3 is 0 Å². The minimum atomic E-state index is 0.339. The molecule has 2 heterocycles. The molecule has 1 unspecified atom stereocenters. The monoisotopic (exact) mass is 265 g/mol. The molecule has 5 nitrogen and oxygen atoms in total. The third kappa shape index (κ3) is 2.71. The number of likely N-dealkylation sites (N-methyl/N-ethyl adjacent to an activating group) is 1. The number of rotatable bonds is 4. The van der Waals surface area contributed by atoms with Gasteiger partial charge in [-0.25, -0.2) is 4.68 Å². The topological polar surface area (TPSA) is 50.3 Å². The number of nitrogens with zero attached hydrogens (tertiary/aromatic N) is 4. The van der Waals surface area contributed by atoms with Crippen LogP contribution in [0.15, 0.2) is 0 Å². The smallest absolute Gasteiger partial charge is 0.151 e. The third-order valence-corrected chi connectivity index (χ3v) is 3.82. The molecule has 0 aliphatic carbocycles. The summed E-state index contributed by atoms with van der Waals surface area (Å²) in [5.74, 6) is 1.12. The van der Waals surface area contributed by atoms with Gasteiger partial charge in [0.2, 0.25) is 0 Å². The van der Waals surface area contributed by atoms with Crippen molar-refractivity contribution < 1.29 is 0 Å². The Morgan fingerprint density at radius 2 is 2.11 bits per heavy atom. The fourth-order valence-electron chi connectivity index (χ4n) is 2.92. The van der Waals surface area contributed by atoms with Gasteiger partial charge in [-0.15, -0.1) is 0 Å². The van der Waals surface area contributed by atoms with Crippen LogP contribution in [0.1, 0.15) is 38.4 Å². The van der Waals surface area contributed by atoms with E-state index in [-0.39, 0.29) is 0 Å². The van der Waals surface area contributed by atoms with Crippen LogP contribution < -0.4 is 10.6 Å². The standard InChI is InChI=1S/C14H27N5/c1-10(2)19-14(13(15)11(3)16-19)18-8-6-7-12(18)9-17(4)5/h10,12H,6-9,15H2,1-5H3. The van der Waals surface area contributed by atoms with E-state index in [1.807, 2.05) is 6.92 Å². The minimum Gasteiger partial charge on any atom is -0.394 e. The van der Waals surface area contributed by atoms with Crippen LogP contribution in [0.4, 0.5) is 11.5 Å². The Labute approximate surface area is 116 Å². The first kappa shape index (κ1) is 14.2. The van der Waals surface area contributed by atoms with Gasteiger partial charge in [0.15, 0.2) is 5.82 Å². The molecule has 1 saturated heterocycles. The molecule has 1 aromatic rings. The minimum absolute atomic E-state index is 0.339. The summed E-state index contributed by atoms with van der Waals surface area (Å²) in [7, 11) is 4.26. The average molecular weight is 265 g/mol. The molecule has 1 aliphatic heterocycles. The molecule has 0 amide bonds. The maximum absolute atomic E-state index is 6.28. The van der Waals surface area contributed by atoms with Gasteiger partial charge in [-0.05, 0) is 47.7 Å². The Hall–Kier alpha value is -1.23. The second-order valence-electron chi connectivity index (χ2n) is 6.11. The van der Waals surface area contributed by atoms with E-state index in [2.05, 4.69) is 47.5 Å². The maximum Gasteiger partial charge on any atom is 0.151 e. The van der Waals surface area contributed by atoms with Crippen molar-refractivity contribution in [2.45, 2.75) is 45.7 Å². The molecule has 0 bridgehead atoms. The summed E-state index contributed by atoms with van der Waals surface area (Å²) < 4.78 is 2.08. The molecule has 1 aromatic heterocycles. The highest BCUT2D eigenvalue weighted by molar-refractivity contribution is 5.67. The van der Waals surface area contributed by atoms with E-state index in [0.717, 1.165) is 30.3 Å². The van der Waals surface area contributed by atoms with Crippen molar-refractivity contribution in [3.63, 3.8) is 0 Å². The molecule has 1 atom stereocenters. The molecule has 0 aromatic carbocycles. The molecule has 19 heavy (non-hydrogen) atoms. The second-order valence-corrected chi connectivity index (χ2v) is 6.11. The fourth-order valence-corrected chi connectivity index (χ4v) is 2.92. The van der Waals surface area contributed by atoms with Crippen LogP contribution in [0.2, 0.25) is 0 Å². The number of hydrogen-bond acceptors (Lipinski definition) is 4. The Kier molecular flexibility index (Phi) is 4.04. The highest BCUT2D eigenvalue weighted by atomic mass is 15.4. The number of anilines is 2. The van der Waals surface area contributed by atoms with Crippen LogP contribution in [-0.2, 0) is 0 Å². The summed E-state index contributed by atoms with van der Waals surface area (Å²) in [6, 6.07) is 0.887. The van der Waals surface area contributed by atoms with Crippen LogP contribution >= 0.6 is 0 Å². The van der Waals surface area contributed by atoms with Gasteiger partial charge in [-0.2, -0.15) is 5.10 Å². The van der Waals surface area contributed by atoms with E-state index in [0.29, 0.717) is 12.1 Å². The fraction of sp³-hybridized carbons (Fsp3) is 0.786. The van der Waals surface area contributed by atoms with Crippen molar-refractivity contribution in [1.29, 1.82) is 0 Å². The number of hydrogen-bond donors (Lipinski definition) is 1. The van der Waals surface area contributed by atoms with E-state index in [4.69, 9.17) is 5.73 Å². The summed E-state index contributed by atoms with van der Waals surface area (Å²) in [5, 5.41) is 4.60. The lowest BCUT2D eigenvalue weighted by molar-refractivity contribution is 0.369. The zero-order chi connectivity index (χ0) is 14.2. The van der Waals surface area contributed by atoms with Gasteiger partial charge in [-0.1, -0.05) is 0 Å². The zero-order valence-electron chi connectivity index (χ0n) is 12.8. The predicted molar refractivity (Wildman–Crippen MR) is 80.7 cm³/mol. The lowest BCUT2D eigenvalue weighted by Crippen LogP contribution is -2.39. The normalized spacial score (nSPS) is 19.9. The Morgan fingerprint density at radius 1 is 1.42 bits per heavy atom. The molecular weight excluding hydrogens is 238 g/mol. The van der Waals surface area contributed by atoms with Crippen LogP contribution in [0.3, 0.4) is 0 Å². The van der Waals surface area contributed by atoms with Gasteiger partial charge < -0.3 is 15.5 Å². The first-order valence-corrected chi connectivity index (χ1v) is 7.17. The Morgan fingerprint density at radius 3 is 2.68 bits per heavy atom. The lowest BCUT2D eigenvalue weighted by atomic mass is 10.2. The number of aromatic nitrogens is 2. The maximum atomic E-state index is 6.28. The number of aryl methyl sites for hydroxylation is 1. The first-order valence-electron chi connectivity index (χ1n) is 7.17. The summed E-state index contributed by atoms with van der Waals surface area (Å²) in [4.78, 5) is 4.71. The summed E-state index contributed by atoms with van der Waals surface area (Å²) in [5.41, 5.74) is 8.07. The molecular formula is C14H27N5. The number of nitrogen functional groups attached to an aromatic ring is 1. The Balaban J connectivity index is 2.34. The van der Waals surface area contributed by atoms with Crippen LogP contribution in [0, 0.1) is 6.92 Å². The highest BCUT2D eigenvalue weighted by Crippen LogP contribution is 2.34. The molecule has 2 rings (SSSR count). The van der Waals surface area contributed by atoms with Crippen LogP contribution in [0.5, 0.6) is 0 Å². The Bertz CT molecular complexity index is 435. The average Bonchev–Trinajstić information content (AvgIpc) is 2.85.